The number of aliphatic carboxylic acids is 1. The van der Waals surface area contributed by atoms with Gasteiger partial charge < -0.3 is 15.2 Å². The number of aryl methyl sites for hydroxylation is 2. The van der Waals surface area contributed by atoms with Gasteiger partial charge in [0.1, 0.15) is 5.75 Å². The van der Waals surface area contributed by atoms with Crippen molar-refractivity contribution in [2.45, 2.75) is 55.7 Å². The Morgan fingerprint density at radius 2 is 1.82 bits per heavy atom. The van der Waals surface area contributed by atoms with Gasteiger partial charge in [-0.2, -0.15) is 0 Å². The van der Waals surface area contributed by atoms with Gasteiger partial charge in [0.25, 0.3) is 0 Å². The van der Waals surface area contributed by atoms with Crippen LogP contribution in [-0.4, -0.2) is 50.7 Å². The second-order valence-electron chi connectivity index (χ2n) is 7.98. The van der Waals surface area contributed by atoms with Crippen LogP contribution in [0.4, 0.5) is 0 Å². The molecule has 8 heteroatoms. The van der Waals surface area contributed by atoms with Crippen LogP contribution in [0.15, 0.2) is 52.3 Å². The van der Waals surface area contributed by atoms with Crippen molar-refractivity contribution in [3.8, 4) is 5.75 Å². The first kappa shape index (κ1) is 27.2. The monoisotopic (exact) mass is 493 g/mol. The maximum Gasteiger partial charge on any atom is 0.341 e. The molecule has 2 aromatic rings. The number of unbranched alkanes of at least 4 members (excludes halogenated alkanes) is 2. The molecular formula is C25H35NO5S2. The molecule has 0 aromatic heterocycles. The van der Waals surface area contributed by atoms with Gasteiger partial charge in [0.2, 0.25) is 0 Å². The third-order valence-corrected chi connectivity index (χ3v) is 7.98. The molecule has 2 aromatic carbocycles. The van der Waals surface area contributed by atoms with E-state index < -0.39 is 15.8 Å². The van der Waals surface area contributed by atoms with E-state index >= 15 is 0 Å². The third kappa shape index (κ3) is 10.2. The number of hydrogen-bond acceptors (Lipinski definition) is 6. The first-order valence-electron chi connectivity index (χ1n) is 11.4. The fraction of sp³-hybridized carbons (Fsp3) is 0.480. The number of carbonyl (C=O) groups is 1. The second kappa shape index (κ2) is 14.3. The summed E-state index contributed by atoms with van der Waals surface area (Å²) >= 11 is 1.68. The molecule has 0 fully saturated rings. The third-order valence-electron chi connectivity index (χ3n) is 5.16. The molecule has 0 aliphatic rings. The lowest BCUT2D eigenvalue weighted by atomic mass is 10.1. The average Bonchev–Trinajstić information content (AvgIpc) is 2.78. The minimum absolute atomic E-state index is 0.138. The number of sulfone groups is 1. The van der Waals surface area contributed by atoms with Crippen molar-refractivity contribution in [3.05, 3.63) is 53.6 Å². The topological polar surface area (TPSA) is 92.7 Å². The summed E-state index contributed by atoms with van der Waals surface area (Å²) in [6.07, 6.45) is 5.08. The van der Waals surface area contributed by atoms with Crippen LogP contribution in [0.1, 0.15) is 43.7 Å². The van der Waals surface area contributed by atoms with E-state index in [9.17, 15) is 13.2 Å². The Kier molecular flexibility index (Phi) is 11.8. The van der Waals surface area contributed by atoms with E-state index in [0.29, 0.717) is 23.6 Å². The number of ether oxygens (including phenoxy) is 1. The number of thioether (sulfide) groups is 1. The van der Waals surface area contributed by atoms with Crippen LogP contribution in [0.5, 0.6) is 5.75 Å². The average molecular weight is 494 g/mol. The highest BCUT2D eigenvalue weighted by atomic mass is 32.2. The highest BCUT2D eigenvalue weighted by Crippen LogP contribution is 2.25. The zero-order valence-corrected chi connectivity index (χ0v) is 21.1. The Morgan fingerprint density at radius 3 is 2.48 bits per heavy atom. The molecule has 0 aliphatic heterocycles. The minimum atomic E-state index is -3.25. The Balaban J connectivity index is 1.65. The molecule has 0 aliphatic carbocycles. The summed E-state index contributed by atoms with van der Waals surface area (Å²) in [5.41, 5.74) is 2.09. The first-order valence-corrected chi connectivity index (χ1v) is 14.1. The highest BCUT2D eigenvalue weighted by molar-refractivity contribution is 7.99. The molecule has 2 rings (SSSR count). The maximum atomic E-state index is 12.5. The van der Waals surface area contributed by atoms with Crippen LogP contribution in [0, 0.1) is 6.92 Å². The van der Waals surface area contributed by atoms with Gasteiger partial charge in [-0.3, -0.25) is 0 Å². The lowest BCUT2D eigenvalue weighted by Gasteiger charge is -2.09. The molecule has 0 radical (unpaired) electrons. The normalized spacial score (nSPS) is 11.5. The number of carboxylic acid groups (broad SMARTS) is 1. The van der Waals surface area contributed by atoms with Crippen LogP contribution in [0.3, 0.4) is 0 Å². The van der Waals surface area contributed by atoms with Crippen molar-refractivity contribution in [2.24, 2.45) is 0 Å². The number of rotatable bonds is 16. The first-order chi connectivity index (χ1) is 15.8. The van der Waals surface area contributed by atoms with Gasteiger partial charge >= 0.3 is 5.97 Å². The number of nitrogens with one attached hydrogen (secondary N) is 1. The Labute approximate surface area is 202 Å². The van der Waals surface area contributed by atoms with Crippen molar-refractivity contribution < 1.29 is 23.1 Å². The molecule has 0 heterocycles. The molecule has 0 unspecified atom stereocenters. The van der Waals surface area contributed by atoms with Crippen LogP contribution in [0.2, 0.25) is 0 Å². The summed E-state index contributed by atoms with van der Waals surface area (Å²) in [7, 11) is -3.25. The Morgan fingerprint density at radius 1 is 1.06 bits per heavy atom. The SMILES string of the molecule is CCCCCc1ccc(S(=O)(=O)CCCNCCSc2ccc(OCC(=O)O)c(C)c2)cc1. The number of carboxylic acids is 1. The van der Waals surface area contributed by atoms with Gasteiger partial charge in [-0.15, -0.1) is 11.8 Å². The zero-order chi connectivity index (χ0) is 24.1. The maximum absolute atomic E-state index is 12.5. The van der Waals surface area contributed by atoms with Crippen LogP contribution < -0.4 is 10.1 Å². The lowest BCUT2D eigenvalue weighted by Crippen LogP contribution is -2.21. The van der Waals surface area contributed by atoms with E-state index in [-0.39, 0.29) is 12.4 Å². The predicted molar refractivity (Wildman–Crippen MR) is 134 cm³/mol. The molecule has 0 saturated heterocycles. The van der Waals surface area contributed by atoms with Gasteiger partial charge in [-0.25, -0.2) is 13.2 Å². The standard InChI is InChI=1S/C25H35NO5S2/c1-3-4-5-7-21-8-11-23(12-9-21)33(29,30)17-6-14-26-15-16-32-22-10-13-24(20(2)18-22)31-19-25(27)28/h8-13,18,26H,3-7,14-17,19H2,1-2H3,(H,27,28). The molecule has 2 N–H and O–H groups in total. The van der Waals surface area contributed by atoms with E-state index in [1.54, 1.807) is 30.0 Å². The number of benzene rings is 2. The zero-order valence-electron chi connectivity index (χ0n) is 19.5. The van der Waals surface area contributed by atoms with Crippen LogP contribution in [0.25, 0.3) is 0 Å². The van der Waals surface area contributed by atoms with Gasteiger partial charge in [-0.1, -0.05) is 31.9 Å². The van der Waals surface area contributed by atoms with E-state index in [4.69, 9.17) is 9.84 Å². The predicted octanol–water partition coefficient (Wildman–Crippen LogP) is 4.74. The molecule has 182 valence electrons. The summed E-state index contributed by atoms with van der Waals surface area (Å²) < 4.78 is 30.3. The molecule has 0 spiro atoms. The molecular weight excluding hydrogens is 458 g/mol. The fourth-order valence-corrected chi connectivity index (χ4v) is 5.54. The van der Waals surface area contributed by atoms with Crippen molar-refractivity contribution in [1.82, 2.24) is 5.32 Å². The molecule has 0 bridgehead atoms. The Bertz CT molecular complexity index is 975. The number of hydrogen-bond donors (Lipinski definition) is 2. The fourth-order valence-electron chi connectivity index (χ4n) is 3.33. The lowest BCUT2D eigenvalue weighted by molar-refractivity contribution is -0.139. The van der Waals surface area contributed by atoms with Gasteiger partial charge in [0.05, 0.1) is 10.6 Å². The summed E-state index contributed by atoms with van der Waals surface area (Å²) in [6, 6.07) is 13.0. The van der Waals surface area contributed by atoms with E-state index in [1.165, 1.54) is 18.4 Å². The largest absolute Gasteiger partial charge is 0.482 e. The van der Waals surface area contributed by atoms with Gasteiger partial charge in [0, 0.05) is 17.2 Å². The molecule has 33 heavy (non-hydrogen) atoms. The second-order valence-corrected chi connectivity index (χ2v) is 11.3. The summed E-state index contributed by atoms with van der Waals surface area (Å²) in [4.78, 5) is 12.1. The molecule has 6 nitrogen and oxygen atoms in total. The van der Waals surface area contributed by atoms with Crippen molar-refractivity contribution in [2.75, 3.05) is 31.2 Å². The molecule has 0 saturated carbocycles. The Hall–Kier alpha value is -2.03. The smallest absolute Gasteiger partial charge is 0.341 e. The van der Waals surface area contributed by atoms with Crippen molar-refractivity contribution in [3.63, 3.8) is 0 Å². The van der Waals surface area contributed by atoms with E-state index in [0.717, 1.165) is 35.6 Å². The quantitative estimate of drug-likeness (QED) is 0.258. The summed E-state index contributed by atoms with van der Waals surface area (Å²) in [6.45, 7) is 5.13. The highest BCUT2D eigenvalue weighted by Gasteiger charge is 2.13. The van der Waals surface area contributed by atoms with Crippen LogP contribution >= 0.6 is 11.8 Å². The van der Waals surface area contributed by atoms with E-state index in [1.807, 2.05) is 31.2 Å². The summed E-state index contributed by atoms with van der Waals surface area (Å²) in [5, 5.41) is 12.0. The van der Waals surface area contributed by atoms with Crippen molar-refractivity contribution in [1.29, 1.82) is 0 Å². The van der Waals surface area contributed by atoms with Crippen LogP contribution in [-0.2, 0) is 21.1 Å². The van der Waals surface area contributed by atoms with Gasteiger partial charge in [-0.05, 0) is 74.2 Å². The summed E-state index contributed by atoms with van der Waals surface area (Å²) in [5.74, 6) is 0.565. The minimum Gasteiger partial charge on any atom is -0.482 e. The van der Waals surface area contributed by atoms with Gasteiger partial charge in [0.15, 0.2) is 16.4 Å². The van der Waals surface area contributed by atoms with Crippen molar-refractivity contribution >= 4 is 27.6 Å². The molecule has 0 atom stereocenters. The molecule has 0 amide bonds. The van der Waals surface area contributed by atoms with E-state index in [2.05, 4.69) is 12.2 Å².